The maximum Gasteiger partial charge on any atom is 0.309 e. The van der Waals surface area contributed by atoms with Gasteiger partial charge in [-0.05, 0) is 38.8 Å². The summed E-state index contributed by atoms with van der Waals surface area (Å²) in [7, 11) is 0. The van der Waals surface area contributed by atoms with Crippen molar-refractivity contribution in [1.29, 1.82) is 0 Å². The number of hydrogen-bond donors (Lipinski definition) is 2. The van der Waals surface area contributed by atoms with Gasteiger partial charge in [-0.15, -0.1) is 0 Å². The Balaban J connectivity index is 1.83. The van der Waals surface area contributed by atoms with Crippen LogP contribution < -0.4 is 5.32 Å². The lowest BCUT2D eigenvalue weighted by Crippen LogP contribution is -2.32. The van der Waals surface area contributed by atoms with Crippen LogP contribution in [0.3, 0.4) is 0 Å². The number of nitrogens with one attached hydrogen (secondary N) is 1. The number of benzene rings is 1. The highest BCUT2D eigenvalue weighted by Gasteiger charge is 2.26. The first kappa shape index (κ1) is 19.6. The molecule has 140 valence electrons. The van der Waals surface area contributed by atoms with Gasteiger partial charge in [0.2, 0.25) is 17.6 Å². The van der Waals surface area contributed by atoms with E-state index in [1.54, 1.807) is 32.9 Å². The molecule has 0 bridgehead atoms. The third-order valence-corrected chi connectivity index (χ3v) is 4.12. The summed E-state index contributed by atoms with van der Waals surface area (Å²) in [5.74, 6) is -0.938. The molecule has 0 unspecified atom stereocenters. The fraction of sp³-hybridized carbons (Fsp3) is 0.444. The second kappa shape index (κ2) is 8.07. The van der Waals surface area contributed by atoms with Crippen molar-refractivity contribution in [2.24, 2.45) is 5.41 Å². The molecule has 1 amide bonds. The Morgan fingerprint density at radius 2 is 2.08 bits per heavy atom. The molecule has 0 atom stereocenters. The van der Waals surface area contributed by atoms with Crippen LogP contribution in [0.4, 0.5) is 4.39 Å². The number of aromatic nitrogens is 2. The van der Waals surface area contributed by atoms with Crippen LogP contribution in [0.2, 0.25) is 0 Å². The van der Waals surface area contributed by atoms with Crippen LogP contribution in [0.15, 0.2) is 22.7 Å². The molecule has 2 N–H and O–H groups in total. The van der Waals surface area contributed by atoms with Gasteiger partial charge in [-0.2, -0.15) is 4.98 Å². The van der Waals surface area contributed by atoms with Crippen LogP contribution in [0.25, 0.3) is 11.4 Å². The number of halogens is 1. The topological polar surface area (TPSA) is 105 Å². The number of carbonyl (C=O) groups is 2. The number of aliphatic carboxylic acids is 1. The summed E-state index contributed by atoms with van der Waals surface area (Å²) in [4.78, 5) is 27.0. The minimum Gasteiger partial charge on any atom is -0.481 e. The van der Waals surface area contributed by atoms with E-state index >= 15 is 0 Å². The first-order valence-corrected chi connectivity index (χ1v) is 8.28. The monoisotopic (exact) mass is 363 g/mol. The molecular formula is C18H22FN3O4. The number of amides is 1. The summed E-state index contributed by atoms with van der Waals surface area (Å²) in [5, 5.41) is 15.5. The summed E-state index contributed by atoms with van der Waals surface area (Å²) in [6, 6.07) is 4.66. The lowest BCUT2D eigenvalue weighted by atomic mass is 9.90. The van der Waals surface area contributed by atoms with E-state index in [-0.39, 0.29) is 42.8 Å². The summed E-state index contributed by atoms with van der Waals surface area (Å²) in [6.07, 6.45) is 0.713. The highest BCUT2D eigenvalue weighted by atomic mass is 19.1. The fourth-order valence-corrected chi connectivity index (χ4v) is 2.14. The second-order valence-electron chi connectivity index (χ2n) is 6.76. The van der Waals surface area contributed by atoms with Gasteiger partial charge >= 0.3 is 5.97 Å². The number of carbonyl (C=O) groups excluding carboxylic acids is 1. The Hall–Kier alpha value is -2.77. The Bertz CT molecular complexity index is 801. The van der Waals surface area contributed by atoms with Crippen LogP contribution in [0.5, 0.6) is 0 Å². The first-order valence-electron chi connectivity index (χ1n) is 8.28. The van der Waals surface area contributed by atoms with Gasteiger partial charge < -0.3 is 14.9 Å². The zero-order valence-electron chi connectivity index (χ0n) is 15.0. The number of hydrogen-bond acceptors (Lipinski definition) is 5. The molecule has 0 aliphatic carbocycles. The van der Waals surface area contributed by atoms with Gasteiger partial charge in [0.1, 0.15) is 5.82 Å². The van der Waals surface area contributed by atoms with Gasteiger partial charge in [-0.1, -0.05) is 17.3 Å². The number of carboxylic acids is 1. The SMILES string of the molecule is Cc1ccc(-c2noc(CCC(=O)NCCC(C)(C)C(=O)O)n2)cc1F. The maximum atomic E-state index is 13.6. The lowest BCUT2D eigenvalue weighted by molar-refractivity contribution is -0.147. The molecule has 2 aromatic rings. The van der Waals surface area contributed by atoms with E-state index in [2.05, 4.69) is 15.5 Å². The molecule has 7 nitrogen and oxygen atoms in total. The van der Waals surface area contributed by atoms with Crippen molar-refractivity contribution in [1.82, 2.24) is 15.5 Å². The predicted molar refractivity (Wildman–Crippen MR) is 91.8 cm³/mol. The molecule has 0 saturated carbocycles. The summed E-state index contributed by atoms with van der Waals surface area (Å²) in [5.41, 5.74) is 0.140. The van der Waals surface area contributed by atoms with Crippen molar-refractivity contribution in [3.05, 3.63) is 35.5 Å². The number of aryl methyl sites for hydroxylation is 2. The van der Waals surface area contributed by atoms with Crippen LogP contribution in [-0.4, -0.2) is 33.7 Å². The van der Waals surface area contributed by atoms with E-state index in [0.717, 1.165) is 0 Å². The van der Waals surface area contributed by atoms with Gasteiger partial charge in [0, 0.05) is 24.9 Å². The maximum absolute atomic E-state index is 13.6. The molecule has 1 aromatic heterocycles. The third kappa shape index (κ3) is 5.11. The molecule has 0 fully saturated rings. The first-order chi connectivity index (χ1) is 12.2. The minimum absolute atomic E-state index is 0.136. The average Bonchev–Trinajstić information content (AvgIpc) is 3.04. The Morgan fingerprint density at radius 3 is 2.73 bits per heavy atom. The van der Waals surface area contributed by atoms with E-state index in [1.807, 2.05) is 0 Å². The minimum atomic E-state index is -0.905. The molecule has 1 aromatic carbocycles. The molecule has 0 spiro atoms. The smallest absolute Gasteiger partial charge is 0.309 e. The lowest BCUT2D eigenvalue weighted by Gasteiger charge is -2.18. The van der Waals surface area contributed by atoms with Crippen LogP contribution in [0, 0.1) is 18.2 Å². The van der Waals surface area contributed by atoms with Gasteiger partial charge in [-0.25, -0.2) is 4.39 Å². The molecule has 1 heterocycles. The molecule has 0 aliphatic rings. The van der Waals surface area contributed by atoms with E-state index in [9.17, 15) is 14.0 Å². The highest BCUT2D eigenvalue weighted by Crippen LogP contribution is 2.20. The molecule has 26 heavy (non-hydrogen) atoms. The summed E-state index contributed by atoms with van der Waals surface area (Å²) < 4.78 is 18.7. The molecule has 0 radical (unpaired) electrons. The summed E-state index contributed by atoms with van der Waals surface area (Å²) in [6.45, 7) is 5.15. The standard InChI is InChI=1S/C18H22FN3O4/c1-11-4-5-12(10-13(11)19)16-21-15(26-22-16)7-6-14(23)20-9-8-18(2,3)17(24)25/h4-5,10H,6-9H2,1-3H3,(H,20,23)(H,24,25). The molecule has 2 rings (SSSR count). The zero-order chi connectivity index (χ0) is 19.3. The second-order valence-corrected chi connectivity index (χ2v) is 6.76. The number of rotatable bonds is 8. The highest BCUT2D eigenvalue weighted by molar-refractivity contribution is 5.76. The molecular weight excluding hydrogens is 341 g/mol. The largest absolute Gasteiger partial charge is 0.481 e. The predicted octanol–water partition coefficient (Wildman–Crippen LogP) is 2.73. The van der Waals surface area contributed by atoms with Gasteiger partial charge in [-0.3, -0.25) is 9.59 Å². The van der Waals surface area contributed by atoms with Crippen molar-refractivity contribution >= 4 is 11.9 Å². The van der Waals surface area contributed by atoms with Gasteiger partial charge in [0.15, 0.2) is 0 Å². The van der Waals surface area contributed by atoms with E-state index < -0.39 is 11.4 Å². The molecule has 0 aliphatic heterocycles. The van der Waals surface area contributed by atoms with Crippen molar-refractivity contribution < 1.29 is 23.6 Å². The normalized spacial score (nSPS) is 11.4. The van der Waals surface area contributed by atoms with Gasteiger partial charge in [0.05, 0.1) is 5.41 Å². The van der Waals surface area contributed by atoms with E-state index in [1.165, 1.54) is 6.07 Å². The van der Waals surface area contributed by atoms with Crippen LogP contribution in [0.1, 0.15) is 38.1 Å². The van der Waals surface area contributed by atoms with E-state index in [0.29, 0.717) is 17.5 Å². The third-order valence-electron chi connectivity index (χ3n) is 4.12. The van der Waals surface area contributed by atoms with E-state index in [4.69, 9.17) is 9.63 Å². The fourth-order valence-electron chi connectivity index (χ4n) is 2.14. The number of carboxylic acid groups (broad SMARTS) is 1. The quantitative estimate of drug-likeness (QED) is 0.747. The molecule has 8 heteroatoms. The average molecular weight is 363 g/mol. The van der Waals surface area contributed by atoms with Crippen molar-refractivity contribution in [3.8, 4) is 11.4 Å². The molecule has 0 saturated heterocycles. The Labute approximate surface area is 150 Å². The number of nitrogens with zero attached hydrogens (tertiary/aromatic N) is 2. The van der Waals surface area contributed by atoms with Crippen molar-refractivity contribution in [2.45, 2.75) is 40.0 Å². The Morgan fingerprint density at radius 1 is 1.35 bits per heavy atom. The van der Waals surface area contributed by atoms with Crippen molar-refractivity contribution in [3.63, 3.8) is 0 Å². The van der Waals surface area contributed by atoms with Gasteiger partial charge in [0.25, 0.3) is 0 Å². The van der Waals surface area contributed by atoms with Crippen LogP contribution in [-0.2, 0) is 16.0 Å². The Kier molecular flexibility index (Phi) is 6.07. The summed E-state index contributed by atoms with van der Waals surface area (Å²) >= 11 is 0. The van der Waals surface area contributed by atoms with Crippen molar-refractivity contribution in [2.75, 3.05) is 6.54 Å². The van der Waals surface area contributed by atoms with Crippen LogP contribution >= 0.6 is 0 Å². The zero-order valence-corrected chi connectivity index (χ0v) is 15.0.